The normalized spacial score (nSPS) is 21.4. The van der Waals surface area contributed by atoms with E-state index in [9.17, 15) is 5.21 Å². The lowest BCUT2D eigenvalue weighted by Crippen LogP contribution is -2.22. The molecule has 2 atom stereocenters. The molecule has 2 aromatic rings. The minimum Gasteiger partial charge on any atom is -0.394 e. The fraction of sp³-hybridized carbons (Fsp3) is 0.227. The number of rotatable bonds is 4. The highest BCUT2D eigenvalue weighted by molar-refractivity contribution is 6.23. The Morgan fingerprint density at radius 3 is 2.00 bits per heavy atom. The van der Waals surface area contributed by atoms with Crippen LogP contribution in [0.25, 0.3) is 11.1 Å². The standard InChI is InChI=1S/C22H23NO2/c1-4-19(17-12-8-6-9-13-17)21-16(3)22(25-23(21)24)20(5-2)18-14-10-7-11-15-18/h4-16,22H,1-3H3/b19-4+,20-5+/t16-,22-/m1/s1. The van der Waals surface area contributed by atoms with Crippen molar-refractivity contribution in [1.29, 1.82) is 0 Å². The average Bonchev–Trinajstić information content (AvgIpc) is 2.94. The van der Waals surface area contributed by atoms with Crippen LogP contribution < -0.4 is 0 Å². The predicted molar refractivity (Wildman–Crippen MR) is 103 cm³/mol. The van der Waals surface area contributed by atoms with E-state index in [1.165, 1.54) is 0 Å². The van der Waals surface area contributed by atoms with Gasteiger partial charge in [0.25, 0.3) is 5.71 Å². The van der Waals surface area contributed by atoms with E-state index in [0.717, 1.165) is 22.3 Å². The van der Waals surface area contributed by atoms with E-state index in [0.29, 0.717) is 10.6 Å². The molecule has 3 heteroatoms. The van der Waals surface area contributed by atoms with Gasteiger partial charge in [-0.3, -0.25) is 5.21 Å². The fourth-order valence-electron chi connectivity index (χ4n) is 3.44. The molecule has 0 fully saturated rings. The van der Waals surface area contributed by atoms with Crippen LogP contribution in [0.1, 0.15) is 31.9 Å². The highest BCUT2D eigenvalue weighted by atomic mass is 16.9. The molecule has 0 spiro atoms. The molecule has 128 valence electrons. The van der Waals surface area contributed by atoms with Gasteiger partial charge in [-0.15, -0.1) is 0 Å². The first kappa shape index (κ1) is 17.0. The Hall–Kier alpha value is -2.81. The molecule has 0 bridgehead atoms. The summed E-state index contributed by atoms with van der Waals surface area (Å²) < 4.78 is 0. The van der Waals surface area contributed by atoms with Gasteiger partial charge in [-0.25, -0.2) is 0 Å². The predicted octanol–water partition coefficient (Wildman–Crippen LogP) is 5.09. The monoisotopic (exact) mass is 333 g/mol. The van der Waals surface area contributed by atoms with Crippen molar-refractivity contribution in [3.05, 3.63) is 89.1 Å². The van der Waals surface area contributed by atoms with Gasteiger partial charge in [0.05, 0.1) is 11.5 Å². The lowest BCUT2D eigenvalue weighted by Gasteiger charge is -2.20. The average molecular weight is 333 g/mol. The van der Waals surface area contributed by atoms with Crippen LogP contribution in [0.3, 0.4) is 0 Å². The summed E-state index contributed by atoms with van der Waals surface area (Å²) in [4.78, 5) is 6.43. The second-order valence-corrected chi connectivity index (χ2v) is 6.14. The topological polar surface area (TPSA) is 35.3 Å². The summed E-state index contributed by atoms with van der Waals surface area (Å²) >= 11 is 0. The van der Waals surface area contributed by atoms with Gasteiger partial charge in [0.15, 0.2) is 0 Å². The van der Waals surface area contributed by atoms with Crippen molar-refractivity contribution in [3.63, 3.8) is 0 Å². The van der Waals surface area contributed by atoms with Gasteiger partial charge in [-0.2, -0.15) is 0 Å². The molecule has 1 aliphatic heterocycles. The second-order valence-electron chi connectivity index (χ2n) is 6.14. The quantitative estimate of drug-likeness (QED) is 0.730. The first-order chi connectivity index (χ1) is 12.2. The highest BCUT2D eigenvalue weighted by Crippen LogP contribution is 2.34. The molecule has 0 saturated heterocycles. The maximum absolute atomic E-state index is 12.6. The summed E-state index contributed by atoms with van der Waals surface area (Å²) in [6.07, 6.45) is 3.72. The van der Waals surface area contributed by atoms with Gasteiger partial charge in [-0.05, 0) is 30.5 Å². The van der Waals surface area contributed by atoms with Crippen LogP contribution in [0.2, 0.25) is 0 Å². The van der Waals surface area contributed by atoms with Gasteiger partial charge in [-0.1, -0.05) is 79.7 Å². The zero-order chi connectivity index (χ0) is 17.8. The molecule has 3 nitrogen and oxygen atoms in total. The van der Waals surface area contributed by atoms with Crippen molar-refractivity contribution in [2.45, 2.75) is 26.9 Å². The third-order valence-corrected chi connectivity index (χ3v) is 4.67. The molecular formula is C22H23NO2. The number of hydrogen-bond donors (Lipinski definition) is 0. The Morgan fingerprint density at radius 2 is 1.48 bits per heavy atom. The molecule has 0 unspecified atom stereocenters. The first-order valence-electron chi connectivity index (χ1n) is 8.62. The Balaban J connectivity index is 1.95. The summed E-state index contributed by atoms with van der Waals surface area (Å²) in [6, 6.07) is 20.1. The highest BCUT2D eigenvalue weighted by Gasteiger charge is 2.40. The number of benzene rings is 2. The zero-order valence-electron chi connectivity index (χ0n) is 14.8. The van der Waals surface area contributed by atoms with Crippen LogP contribution in [-0.2, 0) is 4.84 Å². The molecule has 3 rings (SSSR count). The van der Waals surface area contributed by atoms with Gasteiger partial charge in [0.1, 0.15) is 6.10 Å². The van der Waals surface area contributed by atoms with Gasteiger partial charge >= 0.3 is 0 Å². The largest absolute Gasteiger partial charge is 0.394 e. The summed E-state index contributed by atoms with van der Waals surface area (Å²) in [5.41, 5.74) is 4.74. The maximum Gasteiger partial charge on any atom is 0.256 e. The smallest absolute Gasteiger partial charge is 0.256 e. The van der Waals surface area contributed by atoms with Crippen molar-refractivity contribution < 1.29 is 9.74 Å². The summed E-state index contributed by atoms with van der Waals surface area (Å²) in [5.74, 6) is -0.0460. The van der Waals surface area contributed by atoms with Crippen LogP contribution in [0.5, 0.6) is 0 Å². The summed E-state index contributed by atoms with van der Waals surface area (Å²) in [6.45, 7) is 5.99. The lowest BCUT2D eigenvalue weighted by molar-refractivity contribution is -0.736. The van der Waals surface area contributed by atoms with Crippen LogP contribution in [0, 0.1) is 11.1 Å². The van der Waals surface area contributed by atoms with E-state index in [-0.39, 0.29) is 12.0 Å². The third kappa shape index (κ3) is 3.22. The Morgan fingerprint density at radius 1 is 0.920 bits per heavy atom. The van der Waals surface area contributed by atoms with E-state index in [4.69, 9.17) is 4.84 Å². The molecule has 0 N–H and O–H groups in total. The lowest BCUT2D eigenvalue weighted by atomic mass is 9.85. The van der Waals surface area contributed by atoms with Crippen LogP contribution in [0.15, 0.2) is 72.8 Å². The maximum atomic E-state index is 12.6. The molecule has 0 amide bonds. The minimum atomic E-state index is -0.293. The third-order valence-electron chi connectivity index (χ3n) is 4.67. The Bertz CT molecular complexity index is 820. The zero-order valence-corrected chi connectivity index (χ0v) is 14.8. The van der Waals surface area contributed by atoms with Crippen molar-refractivity contribution >= 4 is 16.9 Å². The Kier molecular flexibility index (Phi) is 5.03. The molecule has 2 aromatic carbocycles. The van der Waals surface area contributed by atoms with Crippen molar-refractivity contribution in [1.82, 2.24) is 0 Å². The number of allylic oxidation sites excluding steroid dienone is 3. The van der Waals surface area contributed by atoms with Crippen molar-refractivity contribution in [2.75, 3.05) is 0 Å². The van der Waals surface area contributed by atoms with Crippen LogP contribution in [-0.4, -0.2) is 16.7 Å². The molecule has 1 heterocycles. The molecule has 1 aliphatic rings. The minimum absolute atomic E-state index is 0.0460. The molecule has 0 aliphatic carbocycles. The van der Waals surface area contributed by atoms with E-state index in [2.05, 4.69) is 6.92 Å². The molecule has 0 aromatic heterocycles. The van der Waals surface area contributed by atoms with Crippen molar-refractivity contribution in [3.8, 4) is 0 Å². The van der Waals surface area contributed by atoms with E-state index in [1.807, 2.05) is 86.7 Å². The first-order valence-corrected chi connectivity index (χ1v) is 8.62. The summed E-state index contributed by atoms with van der Waals surface area (Å²) in [7, 11) is 0. The van der Waals surface area contributed by atoms with E-state index >= 15 is 0 Å². The molecule has 25 heavy (non-hydrogen) atoms. The Labute approximate surface area is 149 Å². The van der Waals surface area contributed by atoms with Gasteiger partial charge < -0.3 is 4.84 Å². The van der Waals surface area contributed by atoms with Gasteiger partial charge in [0, 0.05) is 4.90 Å². The van der Waals surface area contributed by atoms with Crippen LogP contribution in [0.4, 0.5) is 0 Å². The molecular weight excluding hydrogens is 310 g/mol. The SMILES string of the molecule is C/C=C(/C1=[N+]([O-])O[C@@H](/C(=C/C)c2ccccc2)[C@@H]1C)c1ccccc1. The van der Waals surface area contributed by atoms with E-state index < -0.39 is 0 Å². The second kappa shape index (κ2) is 7.39. The number of hydrogen-bond acceptors (Lipinski definition) is 2. The van der Waals surface area contributed by atoms with Crippen molar-refractivity contribution in [2.24, 2.45) is 5.92 Å². The van der Waals surface area contributed by atoms with E-state index in [1.54, 1.807) is 0 Å². The number of nitrogens with zero attached hydrogens (tertiary/aromatic N) is 1. The van der Waals surface area contributed by atoms with Gasteiger partial charge in [0.2, 0.25) is 0 Å². The molecule has 0 saturated carbocycles. The summed E-state index contributed by atoms with van der Waals surface area (Å²) in [5, 5.41) is 12.6. The fourth-order valence-corrected chi connectivity index (χ4v) is 3.44. The van der Waals surface area contributed by atoms with Crippen LogP contribution >= 0.6 is 0 Å². The molecule has 0 radical (unpaired) electrons.